The Morgan fingerprint density at radius 1 is 1.08 bits per heavy atom. The van der Waals surface area contributed by atoms with E-state index in [1.165, 1.54) is 6.33 Å². The summed E-state index contributed by atoms with van der Waals surface area (Å²) in [7, 11) is -16.6. The van der Waals surface area contributed by atoms with Crippen molar-refractivity contribution in [3.05, 3.63) is 6.33 Å². The maximum absolute atomic E-state index is 12.0. The Morgan fingerprint density at radius 3 is 2.47 bits per heavy atom. The number of nitrogens with two attached hydrogens (primary N) is 2. The topological polar surface area (TPSA) is 297 Å². The summed E-state index contributed by atoms with van der Waals surface area (Å²) >= 11 is 0. The molecule has 216 valence electrons. The molecule has 0 bridgehead atoms. The molecule has 0 aromatic carbocycles. The molecule has 1 fully saturated rings. The summed E-state index contributed by atoms with van der Waals surface area (Å²) in [5.41, 5.74) is 12.0. The number of nitrogen functional groups attached to an aromatic ring is 1. The molecule has 22 heteroatoms. The molecule has 1 aliphatic rings. The molecule has 1 aliphatic heterocycles. The Balaban J connectivity index is 1.69. The number of rotatable bonds is 15. The van der Waals surface area contributed by atoms with Crippen molar-refractivity contribution in [2.75, 3.05) is 30.7 Å². The molecule has 5 atom stereocenters. The first-order chi connectivity index (χ1) is 17.7. The van der Waals surface area contributed by atoms with Crippen LogP contribution in [0.3, 0.4) is 0 Å². The molecule has 0 spiro atoms. The lowest BCUT2D eigenvalue weighted by atomic mass is 10.2. The van der Waals surface area contributed by atoms with Crippen LogP contribution in [-0.2, 0) is 31.6 Å². The molecule has 0 aliphatic carbocycles. The van der Waals surface area contributed by atoms with E-state index in [9.17, 15) is 28.6 Å². The van der Waals surface area contributed by atoms with Crippen molar-refractivity contribution in [3.63, 3.8) is 0 Å². The van der Waals surface area contributed by atoms with Crippen molar-refractivity contribution >= 4 is 46.4 Å². The van der Waals surface area contributed by atoms with E-state index in [2.05, 4.69) is 33.4 Å². The summed E-state index contributed by atoms with van der Waals surface area (Å²) in [5, 5.41) is 13.7. The van der Waals surface area contributed by atoms with Gasteiger partial charge in [-0.25, -0.2) is 28.6 Å². The minimum absolute atomic E-state index is 0.0367. The number of anilines is 2. The third-order valence-electron chi connectivity index (χ3n) is 5.23. The predicted molar refractivity (Wildman–Crippen MR) is 130 cm³/mol. The summed E-state index contributed by atoms with van der Waals surface area (Å²) in [6.07, 6.45) is 1.48. The molecule has 3 heterocycles. The second-order valence-corrected chi connectivity index (χ2v) is 12.6. The van der Waals surface area contributed by atoms with E-state index in [1.807, 2.05) is 0 Å². The number of ether oxygens (including phenoxy) is 1. The number of hydrogen-bond donors (Lipinski definition) is 8. The van der Waals surface area contributed by atoms with E-state index < -0.39 is 48.5 Å². The molecule has 10 N–H and O–H groups in total. The lowest BCUT2D eigenvalue weighted by Gasteiger charge is -2.20. The highest BCUT2D eigenvalue weighted by molar-refractivity contribution is 7.66. The van der Waals surface area contributed by atoms with Gasteiger partial charge in [-0.3, -0.25) is 9.09 Å². The summed E-state index contributed by atoms with van der Waals surface area (Å²) in [5.74, 6) is 0.444. The second kappa shape index (κ2) is 12.7. The zero-order chi connectivity index (χ0) is 28.1. The fourth-order valence-corrected chi connectivity index (χ4v) is 6.67. The van der Waals surface area contributed by atoms with E-state index in [0.29, 0.717) is 24.7 Å². The van der Waals surface area contributed by atoms with E-state index >= 15 is 0 Å². The highest BCUT2D eigenvalue weighted by Crippen LogP contribution is 2.66. The van der Waals surface area contributed by atoms with Crippen LogP contribution in [0.25, 0.3) is 11.2 Å². The van der Waals surface area contributed by atoms with Crippen molar-refractivity contribution in [2.45, 2.75) is 50.5 Å². The first-order valence-electron chi connectivity index (χ1n) is 11.3. The standard InChI is InChI=1S/C16H30N7O12P3/c17-5-3-1-2-4-6-19-16-22-13-14(18)20-9-21-15(13)23(16)12-7-10(24)11(33-12)8-32-37(28,29)35-38(30,31)34-36(25,26)27/h9-12,24H,1-8,17H2,(H,19,22)(H,28,29)(H,30,31)(H2,18,20,21)(H2,25,26,27)/t10-,11+,12+/m0/s1. The zero-order valence-corrected chi connectivity index (χ0v) is 22.5. The van der Waals surface area contributed by atoms with Crippen molar-refractivity contribution in [2.24, 2.45) is 5.73 Å². The number of aromatic nitrogens is 4. The Morgan fingerprint density at radius 2 is 1.79 bits per heavy atom. The molecule has 0 saturated carbocycles. The lowest BCUT2D eigenvalue weighted by molar-refractivity contribution is -0.0417. The van der Waals surface area contributed by atoms with Crippen LogP contribution in [0, 0.1) is 0 Å². The van der Waals surface area contributed by atoms with Gasteiger partial charge in [0.15, 0.2) is 17.0 Å². The molecule has 0 radical (unpaired) electrons. The van der Waals surface area contributed by atoms with E-state index in [4.69, 9.17) is 26.0 Å². The molecule has 2 aromatic heterocycles. The Hall–Kier alpha value is -1.56. The van der Waals surface area contributed by atoms with Gasteiger partial charge >= 0.3 is 23.5 Å². The van der Waals surface area contributed by atoms with Crippen LogP contribution in [0.15, 0.2) is 6.33 Å². The van der Waals surface area contributed by atoms with Crippen LogP contribution < -0.4 is 16.8 Å². The van der Waals surface area contributed by atoms with E-state index in [-0.39, 0.29) is 17.8 Å². The van der Waals surface area contributed by atoms with E-state index in [1.54, 1.807) is 4.57 Å². The van der Waals surface area contributed by atoms with Gasteiger partial charge in [-0.15, -0.1) is 0 Å². The number of fused-ring (bicyclic) bond motifs is 1. The molecular weight excluding hydrogens is 575 g/mol. The van der Waals surface area contributed by atoms with E-state index in [0.717, 1.165) is 25.7 Å². The number of hydrogen-bond acceptors (Lipinski definition) is 14. The van der Waals surface area contributed by atoms with Gasteiger partial charge in [0.25, 0.3) is 0 Å². The molecule has 2 aromatic rings. The highest BCUT2D eigenvalue weighted by atomic mass is 31.3. The van der Waals surface area contributed by atoms with Gasteiger partial charge in [-0.1, -0.05) is 12.8 Å². The summed E-state index contributed by atoms with van der Waals surface area (Å²) in [4.78, 5) is 48.7. The van der Waals surface area contributed by atoms with Gasteiger partial charge in [-0.2, -0.15) is 8.62 Å². The van der Waals surface area contributed by atoms with Crippen LogP contribution in [0.1, 0.15) is 38.3 Å². The van der Waals surface area contributed by atoms with Crippen molar-refractivity contribution in [3.8, 4) is 0 Å². The number of phosphoric ester groups is 1. The SMILES string of the molecule is NCCCCCCNc1nc2c(N)ncnc2n1[C@H]1C[C@H](O)[C@@H](COP(=O)(O)OP(=O)(O)OP(=O)(O)O)O1. The Labute approximate surface area is 216 Å². The molecule has 3 rings (SSSR count). The van der Waals surface area contributed by atoms with Gasteiger partial charge < -0.3 is 46.2 Å². The van der Waals surface area contributed by atoms with Gasteiger partial charge in [0.1, 0.15) is 18.7 Å². The monoisotopic (exact) mass is 605 g/mol. The minimum Gasteiger partial charge on any atom is -0.390 e. The van der Waals surface area contributed by atoms with Crippen LogP contribution in [0.5, 0.6) is 0 Å². The molecule has 38 heavy (non-hydrogen) atoms. The normalized spacial score (nSPS) is 23.4. The average Bonchev–Trinajstić information content (AvgIpc) is 3.33. The van der Waals surface area contributed by atoms with Gasteiger partial charge in [0.05, 0.1) is 12.7 Å². The van der Waals surface area contributed by atoms with Crippen LogP contribution in [0.4, 0.5) is 11.8 Å². The predicted octanol–water partition coefficient (Wildman–Crippen LogP) is 0.331. The third-order valence-corrected chi connectivity index (χ3v) is 9.03. The quantitative estimate of drug-likeness (QED) is 0.100. The zero-order valence-electron chi connectivity index (χ0n) is 19.8. The number of aliphatic hydroxyl groups excluding tert-OH is 1. The average molecular weight is 605 g/mol. The fourth-order valence-electron chi connectivity index (χ4n) is 3.64. The molecule has 19 nitrogen and oxygen atoms in total. The Kier molecular flexibility index (Phi) is 10.4. The van der Waals surface area contributed by atoms with Crippen molar-refractivity contribution in [1.82, 2.24) is 19.5 Å². The molecule has 2 unspecified atom stereocenters. The minimum atomic E-state index is -5.68. The number of imidazole rings is 1. The third kappa shape index (κ3) is 8.72. The van der Waals surface area contributed by atoms with Crippen LogP contribution in [-0.4, -0.2) is 76.1 Å². The summed E-state index contributed by atoms with van der Waals surface area (Å²) in [6, 6.07) is 0. The number of aliphatic hydroxyl groups is 1. The number of nitrogens with one attached hydrogen (secondary N) is 1. The molecular formula is C16H30N7O12P3. The summed E-state index contributed by atoms with van der Waals surface area (Å²) in [6.45, 7) is 0.354. The lowest BCUT2D eigenvalue weighted by Crippen LogP contribution is -2.26. The van der Waals surface area contributed by atoms with Crippen LogP contribution in [0.2, 0.25) is 0 Å². The molecule has 1 saturated heterocycles. The smallest absolute Gasteiger partial charge is 0.390 e. The maximum atomic E-state index is 12.0. The molecule has 0 amide bonds. The fraction of sp³-hybridized carbons (Fsp3) is 0.688. The largest absolute Gasteiger partial charge is 0.490 e. The van der Waals surface area contributed by atoms with Gasteiger partial charge in [-0.05, 0) is 19.4 Å². The number of phosphoric acid groups is 3. The van der Waals surface area contributed by atoms with Crippen LogP contribution >= 0.6 is 23.5 Å². The first-order valence-corrected chi connectivity index (χ1v) is 15.8. The highest BCUT2D eigenvalue weighted by Gasteiger charge is 2.43. The second-order valence-electron chi connectivity index (χ2n) is 8.19. The number of nitrogens with zero attached hydrogens (tertiary/aromatic N) is 4. The van der Waals surface area contributed by atoms with Gasteiger partial charge in [0.2, 0.25) is 5.95 Å². The van der Waals surface area contributed by atoms with Crippen molar-refractivity contribution < 1.29 is 56.3 Å². The first kappa shape index (κ1) is 31.0. The maximum Gasteiger partial charge on any atom is 0.490 e. The number of unbranched alkanes of at least 4 members (excludes halogenated alkanes) is 3. The van der Waals surface area contributed by atoms with Crippen molar-refractivity contribution in [1.29, 1.82) is 0 Å². The Bertz CT molecular complexity index is 1240. The van der Waals surface area contributed by atoms with Gasteiger partial charge in [0, 0.05) is 13.0 Å². The summed E-state index contributed by atoms with van der Waals surface area (Å²) < 4.78 is 53.5.